The van der Waals surface area contributed by atoms with E-state index in [1.54, 1.807) is 0 Å². The highest BCUT2D eigenvalue weighted by atomic mass is 15.1. The quantitative estimate of drug-likeness (QED) is 0.198. The fraction of sp³-hybridized carbons (Fsp3) is 0.0667. The lowest BCUT2D eigenvalue weighted by Gasteiger charge is -2.29. The topological polar surface area (TPSA) is 3.24 Å². The van der Waals surface area contributed by atoms with Crippen molar-refractivity contribution in [2.45, 2.75) is 19.3 Å². The summed E-state index contributed by atoms with van der Waals surface area (Å²) in [6.07, 6.45) is 0. The van der Waals surface area contributed by atoms with Crippen molar-refractivity contribution in [2.75, 3.05) is 4.90 Å². The predicted octanol–water partition coefficient (Wildman–Crippen LogP) is 12.6. The lowest BCUT2D eigenvalue weighted by molar-refractivity contribution is 0.666. The number of rotatable bonds is 4. The average molecular weight is 588 g/mol. The van der Waals surface area contributed by atoms with Crippen LogP contribution >= 0.6 is 0 Å². The molecule has 0 spiro atoms. The first kappa shape index (κ1) is 26.7. The fourth-order valence-corrected chi connectivity index (χ4v) is 7.97. The largest absolute Gasteiger partial charge is 0.309 e. The Morgan fingerprint density at radius 3 is 1.85 bits per heavy atom. The molecule has 0 amide bonds. The van der Waals surface area contributed by atoms with E-state index in [9.17, 15) is 0 Å². The summed E-state index contributed by atoms with van der Waals surface area (Å²) in [5, 5.41) is 7.56. The summed E-state index contributed by atoms with van der Waals surface area (Å²) in [7, 11) is 0. The molecule has 0 radical (unpaired) electrons. The number of para-hydroxylation sites is 1. The van der Waals surface area contributed by atoms with E-state index in [0.717, 1.165) is 5.69 Å². The molecule has 1 nitrogen and oxygen atoms in total. The standard InChI is InChI=1S/C45H33N/c1-45(2)40-25-13-12-24-38(40)43-39(29-31-16-7-9-21-34(31)44(43)45)36-27-28-42(37-23-11-10-22-35(36)37)46(32-18-4-3-5-19-32)41-26-14-17-30-15-6-8-20-33(30)41/h3-29H,1-2H3. The highest BCUT2D eigenvalue weighted by molar-refractivity contribution is 6.13. The van der Waals surface area contributed by atoms with Crippen molar-refractivity contribution in [1.29, 1.82) is 0 Å². The van der Waals surface area contributed by atoms with Gasteiger partial charge in [0, 0.05) is 21.9 Å². The molecule has 1 heteroatoms. The second-order valence-corrected chi connectivity index (χ2v) is 12.9. The van der Waals surface area contributed by atoms with Crippen molar-refractivity contribution >= 4 is 49.4 Å². The normalized spacial score (nSPS) is 13.2. The minimum atomic E-state index is -0.101. The Labute approximate surface area is 270 Å². The van der Waals surface area contributed by atoms with E-state index >= 15 is 0 Å². The van der Waals surface area contributed by atoms with E-state index in [1.807, 2.05) is 0 Å². The molecule has 1 aliphatic carbocycles. The molecule has 0 aliphatic heterocycles. The Hall–Kier alpha value is -5.66. The second kappa shape index (κ2) is 10.2. The Morgan fingerprint density at radius 2 is 1.02 bits per heavy atom. The summed E-state index contributed by atoms with van der Waals surface area (Å²) in [6.45, 7) is 4.77. The first-order valence-corrected chi connectivity index (χ1v) is 16.1. The Balaban J connectivity index is 1.36. The number of hydrogen-bond donors (Lipinski definition) is 0. The molecule has 0 aromatic heterocycles. The van der Waals surface area contributed by atoms with E-state index in [4.69, 9.17) is 0 Å². The van der Waals surface area contributed by atoms with Crippen LogP contribution in [-0.4, -0.2) is 0 Å². The van der Waals surface area contributed by atoms with Gasteiger partial charge in [0.2, 0.25) is 0 Å². The minimum absolute atomic E-state index is 0.101. The van der Waals surface area contributed by atoms with Crippen LogP contribution in [0.4, 0.5) is 17.1 Å². The summed E-state index contributed by atoms with van der Waals surface area (Å²) in [5.74, 6) is 0. The maximum Gasteiger partial charge on any atom is 0.0540 e. The lowest BCUT2D eigenvalue weighted by atomic mass is 9.79. The molecule has 0 heterocycles. The number of nitrogens with zero attached hydrogens (tertiary/aromatic N) is 1. The van der Waals surface area contributed by atoms with Crippen LogP contribution in [0, 0.1) is 0 Å². The van der Waals surface area contributed by atoms with Crippen LogP contribution in [0.1, 0.15) is 25.0 Å². The molecule has 218 valence electrons. The molecule has 1 aliphatic rings. The van der Waals surface area contributed by atoms with Gasteiger partial charge >= 0.3 is 0 Å². The van der Waals surface area contributed by atoms with Crippen molar-refractivity contribution in [2.24, 2.45) is 0 Å². The van der Waals surface area contributed by atoms with Crippen LogP contribution in [0.5, 0.6) is 0 Å². The van der Waals surface area contributed by atoms with Crippen LogP contribution in [0.15, 0.2) is 164 Å². The van der Waals surface area contributed by atoms with Crippen LogP contribution in [0.2, 0.25) is 0 Å². The zero-order chi connectivity index (χ0) is 30.8. The fourth-order valence-electron chi connectivity index (χ4n) is 7.97. The average Bonchev–Trinajstić information content (AvgIpc) is 3.36. The Bertz CT molecular complexity index is 2450. The van der Waals surface area contributed by atoms with Crippen LogP contribution in [-0.2, 0) is 5.41 Å². The molecule has 46 heavy (non-hydrogen) atoms. The third kappa shape index (κ3) is 3.88. The third-order valence-electron chi connectivity index (χ3n) is 10.00. The summed E-state index contributed by atoms with van der Waals surface area (Å²) >= 11 is 0. The zero-order valence-corrected chi connectivity index (χ0v) is 26.0. The number of anilines is 3. The van der Waals surface area contributed by atoms with Gasteiger partial charge in [-0.25, -0.2) is 0 Å². The van der Waals surface area contributed by atoms with Crippen LogP contribution < -0.4 is 4.90 Å². The first-order chi connectivity index (χ1) is 22.6. The summed E-state index contributed by atoms with van der Waals surface area (Å²) in [5.41, 5.74) is 11.5. The van der Waals surface area contributed by atoms with Gasteiger partial charge in [-0.05, 0) is 85.3 Å². The number of hydrogen-bond acceptors (Lipinski definition) is 1. The van der Waals surface area contributed by atoms with Crippen LogP contribution in [0.25, 0.3) is 54.6 Å². The SMILES string of the molecule is CC1(C)c2ccccc2-c2c(-c3ccc(N(c4ccccc4)c4cccc5ccccc45)c4ccccc34)cc3ccccc3c21. The summed E-state index contributed by atoms with van der Waals surface area (Å²) < 4.78 is 0. The molecular formula is C45H33N. The maximum absolute atomic E-state index is 2.43. The van der Waals surface area contributed by atoms with Crippen molar-refractivity contribution in [3.8, 4) is 22.3 Å². The maximum atomic E-state index is 2.43. The zero-order valence-electron chi connectivity index (χ0n) is 26.0. The van der Waals surface area contributed by atoms with Crippen molar-refractivity contribution in [1.82, 2.24) is 0 Å². The van der Waals surface area contributed by atoms with Gasteiger partial charge < -0.3 is 4.90 Å². The van der Waals surface area contributed by atoms with Crippen molar-refractivity contribution < 1.29 is 0 Å². The van der Waals surface area contributed by atoms with Gasteiger partial charge in [-0.2, -0.15) is 0 Å². The Kier molecular flexibility index (Phi) is 5.92. The number of benzene rings is 8. The van der Waals surface area contributed by atoms with Gasteiger partial charge in [-0.3, -0.25) is 0 Å². The highest BCUT2D eigenvalue weighted by Crippen LogP contribution is 2.56. The molecule has 0 N–H and O–H groups in total. The van der Waals surface area contributed by atoms with E-state index in [1.165, 1.54) is 77.1 Å². The van der Waals surface area contributed by atoms with Gasteiger partial charge in [-0.1, -0.05) is 147 Å². The molecule has 0 fully saturated rings. The Morgan fingerprint density at radius 1 is 0.413 bits per heavy atom. The summed E-state index contributed by atoms with van der Waals surface area (Å²) in [4.78, 5) is 2.43. The van der Waals surface area contributed by atoms with Crippen molar-refractivity contribution in [3.63, 3.8) is 0 Å². The molecule has 0 bridgehead atoms. The molecule has 8 aromatic rings. The van der Waals surface area contributed by atoms with E-state index in [0.29, 0.717) is 0 Å². The molecular weight excluding hydrogens is 555 g/mol. The van der Waals surface area contributed by atoms with Crippen molar-refractivity contribution in [3.05, 3.63) is 175 Å². The van der Waals surface area contributed by atoms with Gasteiger partial charge in [0.25, 0.3) is 0 Å². The molecule has 9 rings (SSSR count). The molecule has 8 aromatic carbocycles. The van der Waals surface area contributed by atoms with E-state index in [2.05, 4.69) is 183 Å². The van der Waals surface area contributed by atoms with Crippen LogP contribution in [0.3, 0.4) is 0 Å². The lowest BCUT2D eigenvalue weighted by Crippen LogP contribution is -2.15. The smallest absolute Gasteiger partial charge is 0.0540 e. The predicted molar refractivity (Wildman–Crippen MR) is 197 cm³/mol. The second-order valence-electron chi connectivity index (χ2n) is 12.9. The third-order valence-corrected chi connectivity index (χ3v) is 10.00. The van der Waals surface area contributed by atoms with E-state index in [-0.39, 0.29) is 5.41 Å². The monoisotopic (exact) mass is 587 g/mol. The van der Waals surface area contributed by atoms with Gasteiger partial charge in [0.05, 0.1) is 11.4 Å². The highest BCUT2D eigenvalue weighted by Gasteiger charge is 2.38. The summed E-state index contributed by atoms with van der Waals surface area (Å²) in [6, 6.07) is 60.0. The number of fused-ring (bicyclic) bond motifs is 7. The molecule has 0 unspecified atom stereocenters. The molecule has 0 saturated heterocycles. The van der Waals surface area contributed by atoms with Gasteiger partial charge in [0.1, 0.15) is 0 Å². The van der Waals surface area contributed by atoms with Gasteiger partial charge in [0.15, 0.2) is 0 Å². The molecule has 0 atom stereocenters. The first-order valence-electron chi connectivity index (χ1n) is 16.1. The van der Waals surface area contributed by atoms with Gasteiger partial charge in [-0.15, -0.1) is 0 Å². The van der Waals surface area contributed by atoms with E-state index < -0.39 is 0 Å². The molecule has 0 saturated carbocycles. The minimum Gasteiger partial charge on any atom is -0.309 e.